The Labute approximate surface area is 124 Å². The number of carboxylic acids is 1. The first-order valence-corrected chi connectivity index (χ1v) is 4.80. The second-order valence-electron chi connectivity index (χ2n) is 3.07. The molecule has 0 heterocycles. The molecule has 0 aliphatic heterocycles. The van der Waals surface area contributed by atoms with Gasteiger partial charge < -0.3 is 11.5 Å². The van der Waals surface area contributed by atoms with Crippen LogP contribution in [0.1, 0.15) is 51.9 Å². The van der Waals surface area contributed by atoms with Crippen molar-refractivity contribution in [2.75, 3.05) is 0 Å². The van der Waals surface area contributed by atoms with Crippen LogP contribution in [-0.2, 0) is 4.79 Å². The van der Waals surface area contributed by atoms with E-state index in [0.29, 0.717) is 6.42 Å². The zero-order chi connectivity index (χ0) is 9.23. The Morgan fingerprint density at radius 1 is 1.31 bits per heavy atom. The van der Waals surface area contributed by atoms with Gasteiger partial charge in [-0.25, -0.2) is 0 Å². The average Bonchev–Trinajstić information content (AvgIpc) is 2.08. The summed E-state index contributed by atoms with van der Waals surface area (Å²) in [6.45, 7) is 1.84. The van der Waals surface area contributed by atoms with Gasteiger partial charge in [-0.15, -0.1) is 0 Å². The van der Waals surface area contributed by atoms with E-state index in [2.05, 4.69) is 6.42 Å². The van der Waals surface area contributed by atoms with Gasteiger partial charge in [-0.1, -0.05) is 26.2 Å². The summed E-state index contributed by atoms with van der Waals surface area (Å²) in [6.07, 6.45) is 10.5. The Kier molecular flexibility index (Phi) is 16.7. The molecule has 0 saturated heterocycles. The van der Waals surface area contributed by atoms with Crippen molar-refractivity contribution in [3.8, 4) is 0 Å². The molecule has 1 aliphatic carbocycles. The number of hydrogen-bond acceptors (Lipinski definition) is 1. The molecule has 0 spiro atoms. The predicted octanol–water partition coefficient (Wildman–Crippen LogP) is 0.0299. The maximum atomic E-state index is 9.60. The molecule has 1 fully saturated rings. The standard InChI is InChI=1S/C6H11.C4H8O2.K/c1-2-4-6-5-3-1;1-2-3-4(5)6;/h1H,2-6H2;2-3H2,1H3,(H,5,6);/q-1;;+1. The summed E-state index contributed by atoms with van der Waals surface area (Å²) in [5.74, 6) is -0.711. The van der Waals surface area contributed by atoms with Crippen LogP contribution in [0.3, 0.4) is 0 Å². The van der Waals surface area contributed by atoms with E-state index in [9.17, 15) is 4.79 Å². The van der Waals surface area contributed by atoms with Crippen LogP contribution in [0.15, 0.2) is 0 Å². The molecule has 0 aromatic carbocycles. The monoisotopic (exact) mass is 210 g/mol. The third-order valence-corrected chi connectivity index (χ3v) is 1.78. The molecule has 3 heteroatoms. The number of carboxylic acid groups (broad SMARTS) is 1. The summed E-state index contributed by atoms with van der Waals surface area (Å²) in [7, 11) is 0. The van der Waals surface area contributed by atoms with Crippen LogP contribution >= 0.6 is 0 Å². The molecule has 1 aliphatic rings. The zero-order valence-electron chi connectivity index (χ0n) is 8.88. The largest absolute Gasteiger partial charge is 1.00 e. The fourth-order valence-electron chi connectivity index (χ4n) is 1.11. The van der Waals surface area contributed by atoms with Crippen LogP contribution in [0.25, 0.3) is 0 Å². The van der Waals surface area contributed by atoms with Gasteiger partial charge in [0.05, 0.1) is 0 Å². The van der Waals surface area contributed by atoms with E-state index in [-0.39, 0.29) is 51.4 Å². The molecule has 0 bridgehead atoms. The number of hydrogen-bond donors (Lipinski definition) is 1. The third kappa shape index (κ3) is 15.8. The van der Waals surface area contributed by atoms with Crippen molar-refractivity contribution in [3.05, 3.63) is 6.42 Å². The molecular formula is C10H19KO2. The molecule has 0 atom stereocenters. The Hall–Kier alpha value is 1.11. The fourth-order valence-corrected chi connectivity index (χ4v) is 1.11. The van der Waals surface area contributed by atoms with Crippen LogP contribution in [-0.4, -0.2) is 11.1 Å². The molecule has 0 amide bonds. The minimum Gasteiger partial charge on any atom is -0.481 e. The van der Waals surface area contributed by atoms with Gasteiger partial charge >= 0.3 is 57.4 Å². The summed E-state index contributed by atoms with van der Waals surface area (Å²) >= 11 is 0. The summed E-state index contributed by atoms with van der Waals surface area (Å²) < 4.78 is 0. The molecule has 0 aromatic heterocycles. The van der Waals surface area contributed by atoms with Gasteiger partial charge in [0.1, 0.15) is 0 Å². The summed E-state index contributed by atoms with van der Waals surface area (Å²) in [4.78, 5) is 9.60. The molecule has 1 saturated carbocycles. The smallest absolute Gasteiger partial charge is 0.481 e. The third-order valence-electron chi connectivity index (χ3n) is 1.78. The van der Waals surface area contributed by atoms with Crippen molar-refractivity contribution in [1.29, 1.82) is 0 Å². The summed E-state index contributed by atoms with van der Waals surface area (Å²) in [5.41, 5.74) is 0. The van der Waals surface area contributed by atoms with Crippen molar-refractivity contribution in [2.24, 2.45) is 0 Å². The first-order valence-electron chi connectivity index (χ1n) is 4.80. The van der Waals surface area contributed by atoms with E-state index in [1.807, 2.05) is 6.92 Å². The van der Waals surface area contributed by atoms with Gasteiger partial charge in [0, 0.05) is 6.42 Å². The molecular weight excluding hydrogens is 191 g/mol. The quantitative estimate of drug-likeness (QED) is 0.516. The van der Waals surface area contributed by atoms with E-state index in [4.69, 9.17) is 5.11 Å². The van der Waals surface area contributed by atoms with E-state index >= 15 is 0 Å². The van der Waals surface area contributed by atoms with Gasteiger partial charge in [0.15, 0.2) is 0 Å². The van der Waals surface area contributed by atoms with Gasteiger partial charge in [-0.3, -0.25) is 4.79 Å². The maximum Gasteiger partial charge on any atom is 1.00 e. The topological polar surface area (TPSA) is 37.3 Å². The Balaban J connectivity index is 0. The average molecular weight is 210 g/mol. The Morgan fingerprint density at radius 2 is 1.85 bits per heavy atom. The maximum absolute atomic E-state index is 9.60. The van der Waals surface area contributed by atoms with Crippen molar-refractivity contribution >= 4 is 5.97 Å². The fraction of sp³-hybridized carbons (Fsp3) is 0.800. The van der Waals surface area contributed by atoms with Gasteiger partial charge in [0.2, 0.25) is 0 Å². The number of rotatable bonds is 2. The normalized spacial score (nSPS) is 14.8. The molecule has 72 valence electrons. The van der Waals surface area contributed by atoms with Crippen LogP contribution in [0.4, 0.5) is 0 Å². The van der Waals surface area contributed by atoms with Crippen LogP contribution < -0.4 is 51.4 Å². The second kappa shape index (κ2) is 13.1. The molecule has 0 radical (unpaired) electrons. The first kappa shape index (κ1) is 16.5. The van der Waals surface area contributed by atoms with Gasteiger partial charge in [-0.05, 0) is 6.42 Å². The van der Waals surface area contributed by atoms with E-state index in [1.165, 1.54) is 32.1 Å². The van der Waals surface area contributed by atoms with E-state index < -0.39 is 5.97 Å². The van der Waals surface area contributed by atoms with Crippen LogP contribution in [0.5, 0.6) is 0 Å². The molecule has 0 unspecified atom stereocenters. The van der Waals surface area contributed by atoms with E-state index in [1.54, 1.807) is 0 Å². The second-order valence-corrected chi connectivity index (χ2v) is 3.07. The Morgan fingerprint density at radius 3 is 1.92 bits per heavy atom. The SMILES string of the molecule is CCCC(=O)O.[CH-]1CCCCC1.[K+]. The zero-order valence-corrected chi connectivity index (χ0v) is 12.0. The minimum absolute atomic E-state index is 0. The van der Waals surface area contributed by atoms with Crippen molar-refractivity contribution < 1.29 is 61.3 Å². The van der Waals surface area contributed by atoms with Crippen molar-refractivity contribution in [1.82, 2.24) is 0 Å². The van der Waals surface area contributed by atoms with Crippen LogP contribution in [0, 0.1) is 6.42 Å². The Bertz CT molecular complexity index is 100.0. The predicted molar refractivity (Wildman–Crippen MR) is 49.9 cm³/mol. The molecule has 0 aromatic rings. The molecule has 1 rings (SSSR count). The molecule has 1 N–H and O–H groups in total. The summed E-state index contributed by atoms with van der Waals surface area (Å²) in [6, 6.07) is 0. The minimum atomic E-state index is -0.711. The summed E-state index contributed by atoms with van der Waals surface area (Å²) in [5, 5.41) is 7.91. The first-order chi connectivity index (χ1) is 5.77. The van der Waals surface area contributed by atoms with Gasteiger partial charge in [0.25, 0.3) is 0 Å². The molecule has 13 heavy (non-hydrogen) atoms. The van der Waals surface area contributed by atoms with E-state index in [0.717, 1.165) is 6.42 Å². The van der Waals surface area contributed by atoms with Crippen LogP contribution in [0.2, 0.25) is 0 Å². The number of aliphatic carboxylic acids is 1. The number of carbonyl (C=O) groups is 1. The van der Waals surface area contributed by atoms with Crippen molar-refractivity contribution in [3.63, 3.8) is 0 Å². The molecule has 2 nitrogen and oxygen atoms in total. The van der Waals surface area contributed by atoms with Gasteiger partial charge in [-0.2, -0.15) is 12.8 Å². The van der Waals surface area contributed by atoms with Crippen molar-refractivity contribution in [2.45, 2.75) is 51.9 Å².